The highest BCUT2D eigenvalue weighted by Gasteiger charge is 2.47. The van der Waals surface area contributed by atoms with Gasteiger partial charge in [-0.25, -0.2) is 22.7 Å². The molecule has 1 saturated heterocycles. The number of hydrogen-bond acceptors (Lipinski definition) is 11. The van der Waals surface area contributed by atoms with Crippen molar-refractivity contribution in [2.24, 2.45) is 5.10 Å². The van der Waals surface area contributed by atoms with E-state index in [1.807, 2.05) is 4.72 Å². The van der Waals surface area contributed by atoms with Crippen molar-refractivity contribution in [2.75, 3.05) is 19.6 Å². The Kier molecular flexibility index (Phi) is 7.34. The van der Waals surface area contributed by atoms with Crippen LogP contribution in [0.1, 0.15) is 42.5 Å². The summed E-state index contributed by atoms with van der Waals surface area (Å²) in [5.41, 5.74) is 1.74. The summed E-state index contributed by atoms with van der Waals surface area (Å²) < 4.78 is 48.9. The number of ether oxygens (including phenoxy) is 4. The maximum atomic E-state index is 13.0. The lowest BCUT2D eigenvalue weighted by molar-refractivity contribution is -0.237. The van der Waals surface area contributed by atoms with Crippen molar-refractivity contribution in [1.82, 2.24) is 4.72 Å². The number of benzene rings is 2. The van der Waals surface area contributed by atoms with E-state index in [1.54, 1.807) is 6.07 Å². The van der Waals surface area contributed by atoms with Gasteiger partial charge in [-0.3, -0.25) is 10.2 Å². The van der Waals surface area contributed by atoms with Crippen molar-refractivity contribution in [2.45, 2.75) is 42.8 Å². The minimum atomic E-state index is -4.39. The molecule has 2 fully saturated rings. The van der Waals surface area contributed by atoms with Crippen molar-refractivity contribution in [3.05, 3.63) is 48.0 Å². The summed E-state index contributed by atoms with van der Waals surface area (Å²) in [4.78, 5) is 37.7. The molecule has 0 bridgehead atoms. The number of amides is 1. The molecule has 0 unspecified atom stereocenters. The number of rotatable bonds is 7. The van der Waals surface area contributed by atoms with E-state index in [1.165, 1.54) is 50.6 Å². The number of hydrogen-bond donors (Lipinski definition) is 2. The zero-order chi connectivity index (χ0) is 26.6. The van der Waals surface area contributed by atoms with Crippen LogP contribution in [0.5, 0.6) is 11.5 Å². The van der Waals surface area contributed by atoms with Crippen LogP contribution in [-0.4, -0.2) is 52.0 Å². The fourth-order valence-electron chi connectivity index (χ4n) is 4.05. The molecule has 1 saturated carbocycles. The lowest BCUT2D eigenvalue weighted by atomic mass is 9.93. The molecule has 1 amide bonds. The van der Waals surface area contributed by atoms with Crippen LogP contribution in [0.25, 0.3) is 0 Å². The van der Waals surface area contributed by atoms with Crippen LogP contribution in [0.3, 0.4) is 0 Å². The van der Waals surface area contributed by atoms with Crippen LogP contribution in [0.15, 0.2) is 52.5 Å². The van der Waals surface area contributed by atoms with Gasteiger partial charge in [0.2, 0.25) is 0 Å². The quantitative estimate of drug-likeness (QED) is 0.401. The van der Waals surface area contributed by atoms with Gasteiger partial charge in [-0.1, -0.05) is 18.6 Å². The van der Waals surface area contributed by atoms with Gasteiger partial charge in [0, 0.05) is 18.9 Å². The average Bonchev–Trinajstić information content (AvgIpc) is 2.88. The lowest BCUT2D eigenvalue weighted by Gasteiger charge is -2.38. The fraction of sp³-hybridized carbons (Fsp3) is 0.333. The molecule has 1 aliphatic heterocycles. The highest BCUT2D eigenvalue weighted by atomic mass is 32.2. The number of nitrogens with one attached hydrogen (secondary N) is 2. The van der Waals surface area contributed by atoms with Gasteiger partial charge in [0.15, 0.2) is 0 Å². The zero-order valence-electron chi connectivity index (χ0n) is 20.1. The molecule has 1 heterocycles. The van der Waals surface area contributed by atoms with Crippen LogP contribution in [0.4, 0.5) is 5.69 Å². The maximum absolute atomic E-state index is 13.0. The Morgan fingerprint density at radius 3 is 2.30 bits per heavy atom. The molecule has 4 rings (SSSR count). The summed E-state index contributed by atoms with van der Waals surface area (Å²) in [6.07, 6.45) is 3.32. The molecule has 13 heteroatoms. The van der Waals surface area contributed by atoms with Gasteiger partial charge < -0.3 is 18.9 Å². The summed E-state index contributed by atoms with van der Waals surface area (Å²) in [6, 6.07) is 9.92. The van der Waals surface area contributed by atoms with E-state index in [0.717, 1.165) is 19.3 Å². The number of sulfonamides is 1. The van der Waals surface area contributed by atoms with E-state index in [9.17, 15) is 22.8 Å². The summed E-state index contributed by atoms with van der Waals surface area (Å²) in [5, 5.41) is 3.79. The second-order valence-corrected chi connectivity index (χ2v) is 9.97. The third kappa shape index (κ3) is 5.50. The van der Waals surface area contributed by atoms with Gasteiger partial charge in [-0.15, -0.1) is 0 Å². The Morgan fingerprint density at radius 2 is 1.65 bits per heavy atom. The number of esters is 2. The smallest absolute Gasteiger partial charge is 0.369 e. The summed E-state index contributed by atoms with van der Waals surface area (Å²) >= 11 is 0. The molecule has 1 aliphatic carbocycles. The Bertz CT molecular complexity index is 1340. The van der Waals surface area contributed by atoms with Crippen molar-refractivity contribution < 1.29 is 41.7 Å². The highest BCUT2D eigenvalue weighted by molar-refractivity contribution is 7.90. The molecule has 2 N–H and O–H groups in total. The van der Waals surface area contributed by atoms with Crippen molar-refractivity contribution in [3.63, 3.8) is 0 Å². The van der Waals surface area contributed by atoms with Crippen LogP contribution in [-0.2, 0) is 29.1 Å². The molecule has 0 atom stereocenters. The van der Waals surface area contributed by atoms with Gasteiger partial charge in [-0.2, -0.15) is 5.10 Å². The number of carbonyl (C=O) groups excluding carboxylic acids is 3. The van der Waals surface area contributed by atoms with Crippen molar-refractivity contribution in [1.29, 1.82) is 0 Å². The van der Waals surface area contributed by atoms with Gasteiger partial charge in [0.05, 0.1) is 25.5 Å². The SMILES string of the molecule is COc1ccc(OC)c(S(=O)(=O)NC(=O)c2ccccc2NN=C2C(=O)OC3(CCCCC3)OC2=O)c1. The van der Waals surface area contributed by atoms with Crippen LogP contribution >= 0.6 is 0 Å². The third-order valence-electron chi connectivity index (χ3n) is 5.91. The molecule has 1 spiro atoms. The van der Waals surface area contributed by atoms with Crippen molar-refractivity contribution in [3.8, 4) is 11.5 Å². The van der Waals surface area contributed by atoms with E-state index in [0.29, 0.717) is 12.8 Å². The Morgan fingerprint density at radius 1 is 0.973 bits per heavy atom. The van der Waals surface area contributed by atoms with E-state index in [4.69, 9.17) is 18.9 Å². The first-order valence-electron chi connectivity index (χ1n) is 11.4. The molecule has 196 valence electrons. The first-order chi connectivity index (χ1) is 17.7. The van der Waals surface area contributed by atoms with Crippen LogP contribution in [0, 0.1) is 0 Å². The normalized spacial score (nSPS) is 16.9. The molecular weight excluding hydrogens is 506 g/mol. The molecule has 2 aromatic carbocycles. The first-order valence-corrected chi connectivity index (χ1v) is 12.8. The predicted molar refractivity (Wildman–Crippen MR) is 130 cm³/mol. The van der Waals surface area contributed by atoms with Crippen LogP contribution in [0.2, 0.25) is 0 Å². The Hall–Kier alpha value is -4.13. The monoisotopic (exact) mass is 531 g/mol. The Balaban J connectivity index is 1.54. The maximum Gasteiger partial charge on any atom is 0.369 e. The molecule has 0 aromatic heterocycles. The number of methoxy groups -OCH3 is 2. The average molecular weight is 532 g/mol. The number of hydrazone groups is 1. The second kappa shape index (κ2) is 10.5. The highest BCUT2D eigenvalue weighted by Crippen LogP contribution is 2.35. The van der Waals surface area contributed by atoms with Gasteiger partial charge in [0.1, 0.15) is 16.4 Å². The summed E-state index contributed by atoms with van der Waals surface area (Å²) in [6.45, 7) is 0. The second-order valence-electron chi connectivity index (χ2n) is 8.32. The van der Waals surface area contributed by atoms with Gasteiger partial charge in [-0.05, 0) is 37.1 Å². The largest absolute Gasteiger partial charge is 0.497 e. The zero-order valence-corrected chi connectivity index (χ0v) is 20.9. The minimum absolute atomic E-state index is 0.00368. The summed E-state index contributed by atoms with van der Waals surface area (Å²) in [5.74, 6) is -3.90. The molecule has 2 aromatic rings. The van der Waals surface area contributed by atoms with E-state index >= 15 is 0 Å². The topological polar surface area (TPSA) is 159 Å². The fourth-order valence-corrected chi connectivity index (χ4v) is 5.20. The number of para-hydroxylation sites is 1. The molecule has 12 nitrogen and oxygen atoms in total. The summed E-state index contributed by atoms with van der Waals surface area (Å²) in [7, 11) is -1.73. The third-order valence-corrected chi connectivity index (χ3v) is 7.26. The number of anilines is 1. The van der Waals surface area contributed by atoms with E-state index in [-0.39, 0.29) is 27.6 Å². The number of nitrogens with zero attached hydrogens (tertiary/aromatic N) is 1. The van der Waals surface area contributed by atoms with Gasteiger partial charge >= 0.3 is 11.9 Å². The Labute approximate surface area is 213 Å². The number of carbonyl (C=O) groups is 3. The van der Waals surface area contributed by atoms with Gasteiger partial charge in [0.25, 0.3) is 27.4 Å². The molecule has 2 aliphatic rings. The molecular formula is C24H25N3O9S. The van der Waals surface area contributed by atoms with E-state index in [2.05, 4.69) is 10.5 Å². The predicted octanol–water partition coefficient (Wildman–Crippen LogP) is 2.35. The van der Waals surface area contributed by atoms with Crippen LogP contribution < -0.4 is 19.6 Å². The van der Waals surface area contributed by atoms with Crippen molar-refractivity contribution >= 4 is 39.3 Å². The first kappa shape index (κ1) is 25.9. The molecule has 37 heavy (non-hydrogen) atoms. The standard InChI is InChI=1S/C24H25N3O9S/c1-33-15-10-11-18(34-2)19(14-15)37(31,32)27-21(28)16-8-4-5-9-17(16)25-26-20-22(29)35-24(36-23(20)30)12-6-3-7-13-24/h4-5,8-11,14,25H,3,6-7,12-13H2,1-2H3,(H,27,28). The van der Waals surface area contributed by atoms with E-state index < -0.39 is 39.4 Å². The molecule has 0 radical (unpaired) electrons. The lowest BCUT2D eigenvalue weighted by Crippen LogP contribution is -2.51. The minimum Gasteiger partial charge on any atom is -0.497 e.